The summed E-state index contributed by atoms with van der Waals surface area (Å²) in [5, 5.41) is 14.6. The molecule has 0 amide bonds. The number of halogens is 1. The number of hydrogen-bond donors (Lipinski definition) is 1. The minimum Gasteiger partial charge on any atom is -0.494 e. The van der Waals surface area contributed by atoms with Crippen LogP contribution in [0.4, 0.5) is 0 Å². The van der Waals surface area contributed by atoms with Gasteiger partial charge in [0.1, 0.15) is 11.5 Å². The van der Waals surface area contributed by atoms with Crippen LogP contribution in [-0.4, -0.2) is 34.5 Å². The first-order valence-electron chi connectivity index (χ1n) is 11.8. The van der Waals surface area contributed by atoms with Crippen LogP contribution in [0.1, 0.15) is 40.2 Å². The van der Waals surface area contributed by atoms with E-state index in [0.717, 1.165) is 31.9 Å². The summed E-state index contributed by atoms with van der Waals surface area (Å²) in [5.74, 6) is 1.09. The number of benzene rings is 3. The fourth-order valence-electron chi connectivity index (χ4n) is 4.19. The zero-order chi connectivity index (χ0) is 25.3. The number of nitrogens with zero attached hydrogens (tertiary/aromatic N) is 1. The topological polar surface area (TPSA) is 69.9 Å². The first-order valence-corrected chi connectivity index (χ1v) is 12.6. The highest BCUT2D eigenvalue weighted by Crippen LogP contribution is 2.49. The van der Waals surface area contributed by atoms with E-state index in [9.17, 15) is 9.90 Å². The van der Waals surface area contributed by atoms with Crippen molar-refractivity contribution in [2.45, 2.75) is 53.2 Å². The average molecular weight is 540 g/mol. The molecule has 0 spiro atoms. The van der Waals surface area contributed by atoms with Gasteiger partial charge in [-0.05, 0) is 68.2 Å². The molecule has 1 N–H and O–H groups in total. The molecule has 4 aromatic rings. The SMILES string of the molecule is CCOC(=O)Cc1ccc(-n2cc3c(OC(C)C)c4ccccc4c(OC(C)C)c3c2O)c(Br)c1. The van der Waals surface area contributed by atoms with Gasteiger partial charge in [0.05, 0.1) is 41.7 Å². The van der Waals surface area contributed by atoms with Crippen molar-refractivity contribution in [3.8, 4) is 23.1 Å². The summed E-state index contributed by atoms with van der Waals surface area (Å²) < 4.78 is 20.0. The Hall–Kier alpha value is -3.19. The monoisotopic (exact) mass is 539 g/mol. The highest BCUT2D eigenvalue weighted by molar-refractivity contribution is 9.10. The smallest absolute Gasteiger partial charge is 0.310 e. The van der Waals surface area contributed by atoms with E-state index in [4.69, 9.17) is 14.2 Å². The van der Waals surface area contributed by atoms with Crippen molar-refractivity contribution in [1.29, 1.82) is 0 Å². The van der Waals surface area contributed by atoms with E-state index in [1.165, 1.54) is 0 Å². The quantitative estimate of drug-likeness (QED) is 0.246. The summed E-state index contributed by atoms with van der Waals surface area (Å²) >= 11 is 3.62. The van der Waals surface area contributed by atoms with Gasteiger partial charge in [-0.3, -0.25) is 9.36 Å². The summed E-state index contributed by atoms with van der Waals surface area (Å²) in [6, 6.07) is 13.5. The molecule has 35 heavy (non-hydrogen) atoms. The van der Waals surface area contributed by atoms with Crippen LogP contribution in [0.15, 0.2) is 53.1 Å². The minimum absolute atomic E-state index is 0.0499. The van der Waals surface area contributed by atoms with Gasteiger partial charge in [-0.1, -0.05) is 30.3 Å². The molecule has 1 heterocycles. The van der Waals surface area contributed by atoms with Gasteiger partial charge in [0.25, 0.3) is 0 Å². The van der Waals surface area contributed by atoms with Crippen LogP contribution in [0.2, 0.25) is 0 Å². The van der Waals surface area contributed by atoms with Crippen molar-refractivity contribution in [2.24, 2.45) is 0 Å². The lowest BCUT2D eigenvalue weighted by Gasteiger charge is -2.19. The van der Waals surface area contributed by atoms with Crippen LogP contribution in [0.5, 0.6) is 17.4 Å². The Bertz CT molecular complexity index is 1390. The Morgan fingerprint density at radius 3 is 2.20 bits per heavy atom. The van der Waals surface area contributed by atoms with Crippen molar-refractivity contribution in [3.05, 3.63) is 58.7 Å². The molecule has 0 aliphatic heterocycles. The first kappa shape index (κ1) is 24.9. The number of aromatic nitrogens is 1. The molecule has 0 fully saturated rings. The van der Waals surface area contributed by atoms with Gasteiger partial charge in [0.2, 0.25) is 5.88 Å². The molecule has 7 heteroatoms. The molecule has 3 aromatic carbocycles. The average Bonchev–Trinajstić information content (AvgIpc) is 3.12. The third kappa shape index (κ3) is 4.96. The van der Waals surface area contributed by atoms with Gasteiger partial charge in [-0.2, -0.15) is 0 Å². The fraction of sp³-hybridized carbons (Fsp3) is 0.321. The number of rotatable bonds is 8. The standard InChI is InChI=1S/C28H30BrNO5/c1-6-33-24(31)14-18-11-12-23(22(29)13-18)30-15-21-25(28(30)32)27(35-17(4)5)20-10-8-7-9-19(20)26(21)34-16(2)3/h7-13,15-17,32H,6,14H2,1-5H3. The van der Waals surface area contributed by atoms with Gasteiger partial charge < -0.3 is 19.3 Å². The lowest BCUT2D eigenvalue weighted by molar-refractivity contribution is -0.142. The molecule has 0 aliphatic carbocycles. The summed E-state index contributed by atoms with van der Waals surface area (Å²) in [6.45, 7) is 10.0. The maximum absolute atomic E-state index is 11.9. The number of aromatic hydroxyl groups is 1. The third-order valence-electron chi connectivity index (χ3n) is 5.50. The van der Waals surface area contributed by atoms with Gasteiger partial charge in [0, 0.05) is 21.4 Å². The van der Waals surface area contributed by atoms with Crippen molar-refractivity contribution in [3.63, 3.8) is 0 Å². The normalized spacial score (nSPS) is 11.5. The maximum atomic E-state index is 11.9. The zero-order valence-corrected chi connectivity index (χ0v) is 22.2. The largest absolute Gasteiger partial charge is 0.494 e. The summed E-state index contributed by atoms with van der Waals surface area (Å²) in [5.41, 5.74) is 1.54. The van der Waals surface area contributed by atoms with E-state index >= 15 is 0 Å². The number of hydrogen-bond acceptors (Lipinski definition) is 5. The molecular weight excluding hydrogens is 510 g/mol. The molecule has 0 atom stereocenters. The molecule has 0 saturated heterocycles. The number of ether oxygens (including phenoxy) is 3. The molecule has 6 nitrogen and oxygen atoms in total. The minimum atomic E-state index is -0.278. The second kappa shape index (κ2) is 10.2. The van der Waals surface area contributed by atoms with E-state index in [-0.39, 0.29) is 30.5 Å². The highest BCUT2D eigenvalue weighted by atomic mass is 79.9. The Morgan fingerprint density at radius 1 is 0.971 bits per heavy atom. The molecular formula is C28H30BrNO5. The molecule has 1 aromatic heterocycles. The van der Waals surface area contributed by atoms with Crippen molar-refractivity contribution in [1.82, 2.24) is 4.57 Å². The first-order chi connectivity index (χ1) is 16.7. The van der Waals surface area contributed by atoms with Gasteiger partial charge >= 0.3 is 5.97 Å². The van der Waals surface area contributed by atoms with Crippen LogP contribution in [0.25, 0.3) is 27.2 Å². The Kier molecular flexibility index (Phi) is 7.26. The zero-order valence-electron chi connectivity index (χ0n) is 20.6. The Morgan fingerprint density at radius 2 is 1.60 bits per heavy atom. The van der Waals surface area contributed by atoms with E-state index in [1.54, 1.807) is 11.5 Å². The van der Waals surface area contributed by atoms with Crippen molar-refractivity contribution < 1.29 is 24.1 Å². The Labute approximate surface area is 213 Å². The third-order valence-corrected chi connectivity index (χ3v) is 6.14. The van der Waals surface area contributed by atoms with E-state index in [0.29, 0.717) is 23.5 Å². The second-order valence-corrected chi connectivity index (χ2v) is 9.77. The molecule has 0 aliphatic rings. The van der Waals surface area contributed by atoms with Crippen LogP contribution < -0.4 is 9.47 Å². The predicted octanol–water partition coefficient (Wildman–Crippen LogP) is 6.93. The van der Waals surface area contributed by atoms with Gasteiger partial charge in [-0.25, -0.2) is 0 Å². The lowest BCUT2D eigenvalue weighted by Crippen LogP contribution is -2.08. The van der Waals surface area contributed by atoms with Gasteiger partial charge in [-0.15, -0.1) is 0 Å². The second-order valence-electron chi connectivity index (χ2n) is 8.92. The predicted molar refractivity (Wildman–Crippen MR) is 142 cm³/mol. The molecule has 184 valence electrons. The van der Waals surface area contributed by atoms with Crippen LogP contribution in [0, 0.1) is 0 Å². The van der Waals surface area contributed by atoms with Crippen LogP contribution in [-0.2, 0) is 16.0 Å². The van der Waals surface area contributed by atoms with Crippen LogP contribution in [0.3, 0.4) is 0 Å². The number of carbonyl (C=O) groups excluding carboxylic acids is 1. The van der Waals surface area contributed by atoms with E-state index in [2.05, 4.69) is 15.9 Å². The summed E-state index contributed by atoms with van der Waals surface area (Å²) in [4.78, 5) is 11.9. The molecule has 0 unspecified atom stereocenters. The Balaban J connectivity index is 1.95. The fourth-order valence-corrected chi connectivity index (χ4v) is 4.81. The maximum Gasteiger partial charge on any atom is 0.310 e. The summed E-state index contributed by atoms with van der Waals surface area (Å²) in [6.07, 6.45) is 1.90. The molecule has 4 rings (SSSR count). The number of carbonyl (C=O) groups is 1. The summed E-state index contributed by atoms with van der Waals surface area (Å²) in [7, 11) is 0. The molecule has 0 saturated carbocycles. The highest BCUT2D eigenvalue weighted by Gasteiger charge is 2.24. The lowest BCUT2D eigenvalue weighted by atomic mass is 10.0. The van der Waals surface area contributed by atoms with E-state index < -0.39 is 0 Å². The number of fused-ring (bicyclic) bond motifs is 2. The van der Waals surface area contributed by atoms with Crippen molar-refractivity contribution >= 4 is 43.4 Å². The van der Waals surface area contributed by atoms with Gasteiger partial charge in [0.15, 0.2) is 0 Å². The molecule has 0 bridgehead atoms. The van der Waals surface area contributed by atoms with E-state index in [1.807, 2.05) is 76.4 Å². The number of esters is 1. The van der Waals surface area contributed by atoms with Crippen LogP contribution >= 0.6 is 15.9 Å². The van der Waals surface area contributed by atoms with Crippen molar-refractivity contribution in [2.75, 3.05) is 6.61 Å². The molecule has 0 radical (unpaired) electrons.